The van der Waals surface area contributed by atoms with Crippen molar-refractivity contribution < 1.29 is 103 Å². The minimum atomic E-state index is -2.34. The molecule has 0 saturated carbocycles. The average Bonchev–Trinajstić information content (AvgIpc) is 3.01. The number of carboxylic acid groups (broad SMARTS) is 1. The minimum absolute atomic E-state index is 0.121. The zero-order valence-corrected chi connectivity index (χ0v) is 48.6. The molecule has 0 unspecified atom stereocenters. The zero-order chi connectivity index (χ0) is 64.6. The van der Waals surface area contributed by atoms with Gasteiger partial charge in [0.1, 0.15) is 89.5 Å². The molecule has 0 spiro atoms. The van der Waals surface area contributed by atoms with E-state index in [2.05, 4.69) is 31.9 Å². The number of aliphatic hydroxyl groups is 4. The van der Waals surface area contributed by atoms with Crippen LogP contribution in [0, 0.1) is 0 Å². The van der Waals surface area contributed by atoms with Crippen LogP contribution in [0.1, 0.15) is 71.8 Å². The molecular formula is C58H60Cl2N8O21. The molecule has 11 rings (SSSR count). The van der Waals surface area contributed by atoms with Gasteiger partial charge in [0, 0.05) is 35.6 Å². The third-order valence-electron chi connectivity index (χ3n) is 15.4. The highest BCUT2D eigenvalue weighted by molar-refractivity contribution is 6.32. The summed E-state index contributed by atoms with van der Waals surface area (Å²) in [7, 11) is 3.24. The standard InChI is InChI=1S/C58H60Cl2N8O21/c1-21(68(2)3)51(78)63-32-13-22-4-9-35(29(59)12-22)86-37-16-25-17-38(46(37)74)87-36-10-6-24(15-30(36)60)50(89-58-49(77)48(76)47(75)39(20-69)88-58)45-56(83)66-44(57(84)85)28-18-26(70)19-34(72)41(28)27-14-23(5-8-33(27)71)42(54(81)67-45)65-55(82)43(25)64-52(79)31(62-53(32)80)7-11-40(61)73/h4-6,8-10,12,14-19,21,31-32,39,42-45,47-50,58,69-72,74-77H,7,11,13,20H2,1-3H3,(H2,61,73)(H,62,80)(H,63,78)(H,64,79)(H,65,82)(H,66,83)(H,67,81)(H,84,85)/t21-,31-,32+,39+,42-,43+,44-,45+,47+,48+,49+,50+,58+/m1/s1. The van der Waals surface area contributed by atoms with Crippen LogP contribution in [0.3, 0.4) is 0 Å². The monoisotopic (exact) mass is 1270 g/mol. The number of aromatic hydroxyl groups is 4. The summed E-state index contributed by atoms with van der Waals surface area (Å²) < 4.78 is 24.4. The third kappa shape index (κ3) is 13.7. The summed E-state index contributed by atoms with van der Waals surface area (Å²) in [5.74, 6) is -14.5. The summed E-state index contributed by atoms with van der Waals surface area (Å²) in [6, 6.07) is 1.43. The van der Waals surface area contributed by atoms with Crippen molar-refractivity contribution in [3.05, 3.63) is 117 Å². The number of nitrogens with one attached hydrogen (secondary N) is 6. The maximum Gasteiger partial charge on any atom is 0.330 e. The van der Waals surface area contributed by atoms with E-state index in [-0.39, 0.29) is 39.6 Å². The first-order valence-corrected chi connectivity index (χ1v) is 28.0. The molecule has 13 atom stereocenters. The van der Waals surface area contributed by atoms with Crippen LogP contribution in [0.4, 0.5) is 0 Å². The number of benzene rings is 5. The second-order valence-electron chi connectivity index (χ2n) is 21.6. The lowest BCUT2D eigenvalue weighted by molar-refractivity contribution is -0.313. The molecule has 0 aromatic heterocycles. The number of phenols is 4. The van der Waals surface area contributed by atoms with E-state index in [0.29, 0.717) is 5.56 Å². The van der Waals surface area contributed by atoms with Crippen molar-refractivity contribution in [3.63, 3.8) is 0 Å². The van der Waals surface area contributed by atoms with Gasteiger partial charge in [-0.15, -0.1) is 0 Å². The van der Waals surface area contributed by atoms with Gasteiger partial charge in [0.2, 0.25) is 47.1 Å². The molecule has 29 nitrogen and oxygen atoms in total. The molecule has 17 N–H and O–H groups in total. The number of hydrogen-bond acceptors (Lipinski definition) is 21. The summed E-state index contributed by atoms with van der Waals surface area (Å²) in [5, 5.41) is 114. The summed E-state index contributed by atoms with van der Waals surface area (Å²) >= 11 is 13.8. The molecule has 6 heterocycles. The maximum atomic E-state index is 15.7. The van der Waals surface area contributed by atoms with Crippen molar-refractivity contribution in [2.45, 2.75) is 105 Å². The van der Waals surface area contributed by atoms with Crippen molar-refractivity contribution in [2.24, 2.45) is 5.73 Å². The number of nitrogens with zero attached hydrogens (tertiary/aromatic N) is 1. The largest absolute Gasteiger partial charge is 0.508 e. The number of halogens is 2. The number of rotatable bonds is 10. The number of carbonyl (C=O) groups is 8. The van der Waals surface area contributed by atoms with Gasteiger partial charge >= 0.3 is 5.97 Å². The van der Waals surface area contributed by atoms with Crippen molar-refractivity contribution in [1.29, 1.82) is 0 Å². The molecule has 6 aliphatic heterocycles. The number of ether oxygens (including phenoxy) is 4. The fourth-order valence-electron chi connectivity index (χ4n) is 10.3. The van der Waals surface area contributed by atoms with E-state index < -0.39 is 202 Å². The number of hydrogen-bond donors (Lipinski definition) is 16. The van der Waals surface area contributed by atoms with Gasteiger partial charge in [-0.25, -0.2) is 4.79 Å². The molecule has 0 aliphatic carbocycles. The number of carbonyl (C=O) groups excluding carboxylic acids is 7. The Morgan fingerprint density at radius 2 is 1.34 bits per heavy atom. The van der Waals surface area contributed by atoms with Gasteiger partial charge in [0.25, 0.3) is 0 Å². The van der Waals surface area contributed by atoms with E-state index >= 15 is 19.2 Å². The molecule has 5 aromatic rings. The molecule has 89 heavy (non-hydrogen) atoms. The Hall–Kier alpha value is -9.04. The number of fused-ring (bicyclic) bond motifs is 15. The van der Waals surface area contributed by atoms with Gasteiger partial charge in [0.15, 0.2) is 23.8 Å². The molecule has 6 aliphatic rings. The Morgan fingerprint density at radius 1 is 0.708 bits per heavy atom. The lowest BCUT2D eigenvalue weighted by Crippen LogP contribution is -2.61. The number of aliphatic carboxylic acids is 1. The first-order chi connectivity index (χ1) is 42.1. The SMILES string of the molecule is C[C@H](C(=O)N[C@H]1Cc2ccc(c(Cl)c2)Oc2cc3cc(c2O)Oc2ccc(cc2Cl)[C@H](O[C@@H]2O[C@@H](CO)[C@H](O)[C@H](O)[C@@H]2O)[C@@H]2NC(=O)[C@H](NC(=O)[C@H]3NC(=O)[C@@H](CCC(N)=O)NC1=O)c1ccc(O)c(c1)-c1c(O)cc(O)cc1[C@H](C(=O)O)NC2=O)N(C)C. The predicted octanol–water partition coefficient (Wildman–Crippen LogP) is 0.435. The van der Waals surface area contributed by atoms with Gasteiger partial charge in [0.05, 0.1) is 22.7 Å². The highest BCUT2D eigenvalue weighted by Crippen LogP contribution is 2.48. The van der Waals surface area contributed by atoms with Crippen molar-refractivity contribution in [3.8, 4) is 57.1 Å². The average molecular weight is 1280 g/mol. The van der Waals surface area contributed by atoms with Crippen molar-refractivity contribution in [1.82, 2.24) is 36.8 Å². The smallest absolute Gasteiger partial charge is 0.330 e. The molecule has 31 heteroatoms. The van der Waals surface area contributed by atoms with Crippen LogP contribution in [0.25, 0.3) is 11.1 Å². The summed E-state index contributed by atoms with van der Waals surface area (Å²) in [6.45, 7) is 0.581. The molecule has 5 aromatic carbocycles. The third-order valence-corrected chi connectivity index (χ3v) is 16.0. The number of carboxylic acids is 1. The van der Waals surface area contributed by atoms with Crippen LogP contribution >= 0.6 is 23.2 Å². The van der Waals surface area contributed by atoms with E-state index in [4.69, 9.17) is 47.9 Å². The molecule has 7 amide bonds. The molecule has 1 fully saturated rings. The van der Waals surface area contributed by atoms with Gasteiger partial charge in [-0.3, -0.25) is 38.5 Å². The number of likely N-dealkylation sites (N-methyl/N-ethyl adjacent to an activating group) is 1. The highest BCUT2D eigenvalue weighted by atomic mass is 35.5. The quantitative estimate of drug-likeness (QED) is 0.0902. The number of aliphatic hydroxyl groups excluding tert-OH is 4. The van der Waals surface area contributed by atoms with Gasteiger partial charge in [-0.2, -0.15) is 0 Å². The van der Waals surface area contributed by atoms with Crippen molar-refractivity contribution in [2.75, 3.05) is 20.7 Å². The Bertz CT molecular complexity index is 3670. The second kappa shape index (κ2) is 26.3. The Kier molecular flexibility index (Phi) is 19.1. The molecule has 0 radical (unpaired) electrons. The number of primary amides is 1. The van der Waals surface area contributed by atoms with E-state index in [1.165, 1.54) is 24.3 Å². The van der Waals surface area contributed by atoms with Crippen LogP contribution < -0.4 is 47.1 Å². The zero-order valence-electron chi connectivity index (χ0n) is 47.0. The fourth-order valence-corrected chi connectivity index (χ4v) is 10.8. The first kappa shape index (κ1) is 64.4. The Morgan fingerprint density at radius 3 is 1.97 bits per heavy atom. The highest BCUT2D eigenvalue weighted by Gasteiger charge is 2.48. The van der Waals surface area contributed by atoms with Gasteiger partial charge in [-0.05, 0) is 104 Å². The van der Waals surface area contributed by atoms with Gasteiger partial charge in [-0.1, -0.05) is 41.4 Å². The van der Waals surface area contributed by atoms with Crippen molar-refractivity contribution >= 4 is 70.5 Å². The molecular weight excluding hydrogens is 1220 g/mol. The van der Waals surface area contributed by atoms with Crippen LogP contribution in [0.5, 0.6) is 46.0 Å². The summed E-state index contributed by atoms with van der Waals surface area (Å²) in [5.41, 5.74) is 3.40. The fraction of sp³-hybridized carbons (Fsp3) is 0.345. The summed E-state index contributed by atoms with van der Waals surface area (Å²) in [4.78, 5) is 117. The molecule has 472 valence electrons. The lowest BCUT2D eigenvalue weighted by Gasteiger charge is -2.42. The maximum absolute atomic E-state index is 15.7. The van der Waals surface area contributed by atoms with E-state index in [1.807, 2.05) is 0 Å². The Balaban J connectivity index is 1.29. The lowest BCUT2D eigenvalue weighted by atomic mass is 9.89. The minimum Gasteiger partial charge on any atom is -0.508 e. The normalized spacial score (nSPS) is 25.8. The number of amides is 7. The van der Waals surface area contributed by atoms with Crippen LogP contribution in [-0.2, 0) is 54.3 Å². The van der Waals surface area contributed by atoms with Crippen LogP contribution in [-0.4, -0.2) is 174 Å². The van der Waals surface area contributed by atoms with E-state index in [0.717, 1.165) is 54.6 Å². The molecule has 11 bridgehead atoms. The van der Waals surface area contributed by atoms with Crippen LogP contribution in [0.15, 0.2) is 78.9 Å². The molecule has 1 saturated heterocycles. The first-order valence-electron chi connectivity index (χ1n) is 27.3. The van der Waals surface area contributed by atoms with E-state index in [1.54, 1.807) is 25.9 Å². The second-order valence-corrected chi connectivity index (χ2v) is 22.4. The number of phenolic OH excluding ortho intramolecular Hbond substituents is 4. The topological polar surface area (TPSA) is 457 Å². The van der Waals surface area contributed by atoms with E-state index in [9.17, 15) is 65.1 Å². The van der Waals surface area contributed by atoms with Crippen LogP contribution in [0.2, 0.25) is 10.0 Å². The summed E-state index contributed by atoms with van der Waals surface area (Å²) in [6.07, 6.45) is -13.5. The Labute approximate surface area is 514 Å². The van der Waals surface area contributed by atoms with Gasteiger partial charge < -0.3 is 103 Å². The number of nitrogens with two attached hydrogens (primary N) is 1. The predicted molar refractivity (Wildman–Crippen MR) is 307 cm³/mol.